The second kappa shape index (κ2) is 5.20. The van der Waals surface area contributed by atoms with Gasteiger partial charge in [0.25, 0.3) is 0 Å². The van der Waals surface area contributed by atoms with Crippen LogP contribution in [0, 0.1) is 17.2 Å². The predicted octanol–water partition coefficient (Wildman–Crippen LogP) is 2.12. The van der Waals surface area contributed by atoms with Gasteiger partial charge >= 0.3 is 0 Å². The molecule has 0 amide bonds. The molecule has 0 aliphatic carbocycles. The number of nitrogens with zero attached hydrogens (tertiary/aromatic N) is 2. The molecule has 0 radical (unpaired) electrons. The van der Waals surface area contributed by atoms with E-state index in [2.05, 4.69) is 17.9 Å². The molecule has 0 spiro atoms. The molecule has 17 heavy (non-hydrogen) atoms. The monoisotopic (exact) mass is 229 g/mol. The Balaban J connectivity index is 1.98. The lowest BCUT2D eigenvalue weighted by Crippen LogP contribution is -2.39. The molecule has 1 aliphatic heterocycles. The molecule has 1 aromatic rings. The van der Waals surface area contributed by atoms with Crippen LogP contribution in [0.1, 0.15) is 25.3 Å². The van der Waals surface area contributed by atoms with Gasteiger partial charge in [-0.05, 0) is 49.9 Å². The van der Waals surface area contributed by atoms with Crippen molar-refractivity contribution >= 4 is 5.69 Å². The van der Waals surface area contributed by atoms with Gasteiger partial charge in [-0.15, -0.1) is 0 Å². The van der Waals surface area contributed by atoms with Crippen LogP contribution in [0.3, 0.4) is 0 Å². The highest BCUT2D eigenvalue weighted by atomic mass is 15.1. The van der Waals surface area contributed by atoms with Gasteiger partial charge in [0.2, 0.25) is 0 Å². The number of piperidine rings is 1. The Morgan fingerprint density at radius 1 is 1.29 bits per heavy atom. The van der Waals surface area contributed by atoms with Gasteiger partial charge in [0, 0.05) is 24.8 Å². The van der Waals surface area contributed by atoms with Gasteiger partial charge in [0.15, 0.2) is 0 Å². The molecular weight excluding hydrogens is 210 g/mol. The molecule has 1 heterocycles. The molecule has 3 heteroatoms. The summed E-state index contributed by atoms with van der Waals surface area (Å²) in [6, 6.07) is 10.3. The highest BCUT2D eigenvalue weighted by molar-refractivity contribution is 5.49. The minimum Gasteiger partial charge on any atom is -0.372 e. The van der Waals surface area contributed by atoms with Crippen LogP contribution in [0.15, 0.2) is 24.3 Å². The normalized spacial score (nSPS) is 18.8. The number of rotatable bonds is 2. The lowest BCUT2D eigenvalue weighted by Gasteiger charge is -2.35. The van der Waals surface area contributed by atoms with Crippen LogP contribution in [0.4, 0.5) is 5.69 Å². The molecule has 1 unspecified atom stereocenters. The van der Waals surface area contributed by atoms with Crippen molar-refractivity contribution in [3.8, 4) is 6.07 Å². The molecule has 90 valence electrons. The highest BCUT2D eigenvalue weighted by Gasteiger charge is 2.21. The average molecular weight is 229 g/mol. The van der Waals surface area contributed by atoms with E-state index in [4.69, 9.17) is 11.0 Å². The van der Waals surface area contributed by atoms with Crippen molar-refractivity contribution in [1.82, 2.24) is 0 Å². The maximum atomic E-state index is 8.76. The summed E-state index contributed by atoms with van der Waals surface area (Å²) in [5.74, 6) is 0.657. The molecule has 2 rings (SSSR count). The standard InChI is InChI=1S/C14H19N3/c1-11(16)13-6-8-17(9-7-13)14-4-2-12(10-15)3-5-14/h2-5,11,13H,6-9,16H2,1H3. The first-order valence-corrected chi connectivity index (χ1v) is 6.21. The summed E-state index contributed by atoms with van der Waals surface area (Å²) in [6.07, 6.45) is 2.33. The molecule has 1 atom stereocenters. The molecule has 1 saturated heterocycles. The topological polar surface area (TPSA) is 53.0 Å². The number of benzene rings is 1. The van der Waals surface area contributed by atoms with E-state index in [0.29, 0.717) is 12.0 Å². The zero-order valence-electron chi connectivity index (χ0n) is 10.3. The third-order valence-corrected chi connectivity index (χ3v) is 3.64. The summed E-state index contributed by atoms with van der Waals surface area (Å²) >= 11 is 0. The summed E-state index contributed by atoms with van der Waals surface area (Å²) < 4.78 is 0. The van der Waals surface area contributed by atoms with Crippen LogP contribution >= 0.6 is 0 Å². The maximum absolute atomic E-state index is 8.76. The van der Waals surface area contributed by atoms with Gasteiger partial charge in [0.1, 0.15) is 0 Å². The van der Waals surface area contributed by atoms with Crippen LogP contribution < -0.4 is 10.6 Å². The van der Waals surface area contributed by atoms with Gasteiger partial charge in [0.05, 0.1) is 11.6 Å². The zero-order valence-corrected chi connectivity index (χ0v) is 10.3. The van der Waals surface area contributed by atoms with Crippen molar-refractivity contribution in [3.63, 3.8) is 0 Å². The highest BCUT2D eigenvalue weighted by Crippen LogP contribution is 2.24. The van der Waals surface area contributed by atoms with Crippen molar-refractivity contribution in [2.45, 2.75) is 25.8 Å². The van der Waals surface area contributed by atoms with Crippen molar-refractivity contribution in [1.29, 1.82) is 5.26 Å². The molecule has 0 aromatic heterocycles. The quantitative estimate of drug-likeness (QED) is 0.845. The van der Waals surface area contributed by atoms with E-state index in [1.165, 1.54) is 5.69 Å². The zero-order chi connectivity index (χ0) is 12.3. The van der Waals surface area contributed by atoms with E-state index < -0.39 is 0 Å². The van der Waals surface area contributed by atoms with E-state index in [1.807, 2.05) is 24.3 Å². The number of nitriles is 1. The second-order valence-electron chi connectivity index (χ2n) is 4.84. The summed E-state index contributed by atoms with van der Waals surface area (Å²) in [4.78, 5) is 2.38. The fraction of sp³-hybridized carbons (Fsp3) is 0.500. The molecule has 2 N–H and O–H groups in total. The Morgan fingerprint density at radius 2 is 1.88 bits per heavy atom. The van der Waals surface area contributed by atoms with Crippen LogP contribution in [-0.4, -0.2) is 19.1 Å². The molecule has 1 aromatic carbocycles. The largest absolute Gasteiger partial charge is 0.372 e. The Kier molecular flexibility index (Phi) is 3.65. The predicted molar refractivity (Wildman–Crippen MR) is 69.7 cm³/mol. The summed E-state index contributed by atoms with van der Waals surface area (Å²) in [5.41, 5.74) is 7.87. The Hall–Kier alpha value is -1.53. The minimum atomic E-state index is 0.304. The first-order chi connectivity index (χ1) is 8.20. The van der Waals surface area contributed by atoms with E-state index in [0.717, 1.165) is 31.5 Å². The summed E-state index contributed by atoms with van der Waals surface area (Å²) in [5, 5.41) is 8.76. The number of hydrogen-bond acceptors (Lipinski definition) is 3. The van der Waals surface area contributed by atoms with Gasteiger partial charge in [-0.25, -0.2) is 0 Å². The van der Waals surface area contributed by atoms with Gasteiger partial charge in [-0.1, -0.05) is 0 Å². The maximum Gasteiger partial charge on any atom is 0.0991 e. The van der Waals surface area contributed by atoms with Gasteiger partial charge < -0.3 is 10.6 Å². The minimum absolute atomic E-state index is 0.304. The molecule has 0 bridgehead atoms. The van der Waals surface area contributed by atoms with Crippen molar-refractivity contribution < 1.29 is 0 Å². The summed E-state index contributed by atoms with van der Waals surface area (Å²) in [6.45, 7) is 4.23. The van der Waals surface area contributed by atoms with Crippen LogP contribution in [0.2, 0.25) is 0 Å². The number of anilines is 1. The second-order valence-corrected chi connectivity index (χ2v) is 4.84. The van der Waals surface area contributed by atoms with Crippen molar-refractivity contribution in [2.75, 3.05) is 18.0 Å². The Labute approximate surface area is 103 Å². The van der Waals surface area contributed by atoms with Crippen LogP contribution in [0.5, 0.6) is 0 Å². The fourth-order valence-corrected chi connectivity index (χ4v) is 2.43. The Morgan fingerprint density at radius 3 is 2.35 bits per heavy atom. The smallest absolute Gasteiger partial charge is 0.0991 e. The van der Waals surface area contributed by atoms with E-state index in [-0.39, 0.29) is 0 Å². The lowest BCUT2D eigenvalue weighted by molar-refractivity contribution is 0.354. The molecule has 0 saturated carbocycles. The van der Waals surface area contributed by atoms with Crippen LogP contribution in [-0.2, 0) is 0 Å². The van der Waals surface area contributed by atoms with Crippen molar-refractivity contribution in [2.24, 2.45) is 11.7 Å². The van der Waals surface area contributed by atoms with Gasteiger partial charge in [-0.3, -0.25) is 0 Å². The van der Waals surface area contributed by atoms with E-state index in [1.54, 1.807) is 0 Å². The third-order valence-electron chi connectivity index (χ3n) is 3.64. The Bertz CT molecular complexity index is 394. The number of nitrogens with two attached hydrogens (primary N) is 1. The van der Waals surface area contributed by atoms with Gasteiger partial charge in [-0.2, -0.15) is 5.26 Å². The molecule has 1 aliphatic rings. The number of hydrogen-bond donors (Lipinski definition) is 1. The summed E-state index contributed by atoms with van der Waals surface area (Å²) in [7, 11) is 0. The van der Waals surface area contributed by atoms with Crippen molar-refractivity contribution in [3.05, 3.63) is 29.8 Å². The average Bonchev–Trinajstić information content (AvgIpc) is 2.39. The first kappa shape index (κ1) is 11.9. The molecule has 3 nitrogen and oxygen atoms in total. The molecule has 1 fully saturated rings. The van der Waals surface area contributed by atoms with Crippen LogP contribution in [0.25, 0.3) is 0 Å². The molecular formula is C14H19N3. The SMILES string of the molecule is CC(N)C1CCN(c2ccc(C#N)cc2)CC1. The van der Waals surface area contributed by atoms with E-state index in [9.17, 15) is 0 Å². The lowest BCUT2D eigenvalue weighted by atomic mass is 9.91. The third kappa shape index (κ3) is 2.78. The van der Waals surface area contributed by atoms with E-state index >= 15 is 0 Å². The fourth-order valence-electron chi connectivity index (χ4n) is 2.43. The first-order valence-electron chi connectivity index (χ1n) is 6.21.